The smallest absolute Gasteiger partial charge is 0.227 e. The summed E-state index contributed by atoms with van der Waals surface area (Å²) in [7, 11) is 3.62. The van der Waals surface area contributed by atoms with Crippen LogP contribution in [0.4, 0.5) is 11.5 Å². The first-order valence-corrected chi connectivity index (χ1v) is 15.3. The zero-order valence-electron chi connectivity index (χ0n) is 24.8. The number of aldehydes is 1. The minimum Gasteiger partial charge on any atom is -0.480 e. The minimum atomic E-state index is 0.210. The monoisotopic (exact) mass is 576 g/mol. The highest BCUT2D eigenvalue weighted by Gasteiger charge is 2.32. The minimum absolute atomic E-state index is 0.210. The van der Waals surface area contributed by atoms with Gasteiger partial charge in [-0.1, -0.05) is 26.8 Å². The van der Waals surface area contributed by atoms with E-state index in [1.807, 2.05) is 40.0 Å². The van der Waals surface area contributed by atoms with Gasteiger partial charge >= 0.3 is 0 Å². The molecule has 0 spiro atoms. The number of thioether (sulfide) groups is 1. The van der Waals surface area contributed by atoms with Gasteiger partial charge in [-0.2, -0.15) is 0 Å². The third-order valence-electron chi connectivity index (χ3n) is 6.77. The molecule has 0 radical (unpaired) electrons. The molecule has 10 nitrogen and oxygen atoms in total. The molecule has 11 heteroatoms. The average Bonchev–Trinajstić information content (AvgIpc) is 3.93. The van der Waals surface area contributed by atoms with Crippen LogP contribution < -0.4 is 15.0 Å². The largest absolute Gasteiger partial charge is 0.480 e. The summed E-state index contributed by atoms with van der Waals surface area (Å²) in [5, 5.41) is 4.20. The summed E-state index contributed by atoms with van der Waals surface area (Å²) < 4.78 is 5.61. The summed E-state index contributed by atoms with van der Waals surface area (Å²) in [4.78, 5) is 41.9. The van der Waals surface area contributed by atoms with Crippen LogP contribution >= 0.6 is 11.8 Å². The maximum atomic E-state index is 12.0. The van der Waals surface area contributed by atoms with Gasteiger partial charge in [0.25, 0.3) is 0 Å². The number of ether oxygens (including phenoxy) is 1. The summed E-state index contributed by atoms with van der Waals surface area (Å²) in [5.74, 6) is 3.87. The lowest BCUT2D eigenvalue weighted by Gasteiger charge is -2.24. The highest BCUT2D eigenvalue weighted by molar-refractivity contribution is 7.99. The van der Waals surface area contributed by atoms with Crippen molar-refractivity contribution in [2.24, 2.45) is 10.9 Å². The second-order valence-electron chi connectivity index (χ2n) is 9.95. The SMILES string of the molecule is CC.CCSc1ccc(CN=C(C=O)Nc2c(C)nc(-c3c(OC)ncnc3C3CC3)nc2N(C)CC2CC2)cn1. The molecule has 0 amide bonds. The number of hydrogen-bond donors (Lipinski definition) is 1. The number of aromatic nitrogens is 5. The molecule has 218 valence electrons. The molecule has 0 aromatic carbocycles. The lowest BCUT2D eigenvalue weighted by Crippen LogP contribution is -2.25. The van der Waals surface area contributed by atoms with Gasteiger partial charge in [0, 0.05) is 25.7 Å². The molecule has 41 heavy (non-hydrogen) atoms. The fraction of sp³-hybridized carbons (Fsp3) is 0.500. The van der Waals surface area contributed by atoms with Crippen molar-refractivity contribution < 1.29 is 9.53 Å². The van der Waals surface area contributed by atoms with E-state index in [0.29, 0.717) is 47.3 Å². The van der Waals surface area contributed by atoms with Crippen molar-refractivity contribution in [1.82, 2.24) is 24.9 Å². The Bertz CT molecular complexity index is 1360. The van der Waals surface area contributed by atoms with Gasteiger partial charge in [-0.3, -0.25) is 9.79 Å². The molecule has 0 bridgehead atoms. The van der Waals surface area contributed by atoms with Crippen molar-refractivity contribution >= 4 is 35.4 Å². The van der Waals surface area contributed by atoms with Crippen molar-refractivity contribution in [3.8, 4) is 17.3 Å². The number of aliphatic imine (C=N–C) groups is 1. The molecule has 2 fully saturated rings. The zero-order chi connectivity index (χ0) is 29.4. The van der Waals surface area contributed by atoms with Crippen molar-refractivity contribution in [2.45, 2.75) is 70.9 Å². The standard InChI is InChI=1S/C28H34N8O2S.C2H6/c1-5-39-22-11-8-19(13-30-22)12-29-21(15-37)34-24-17(2)33-26(35-27(24)36(3)14-18-6-7-18)23-25(20-9-10-20)31-16-32-28(23)38-4;1-2/h8,11,13,15-16,18,20H,5-7,9-10,12,14H2,1-4H3,(H,29,34);1-2H3. The first-order chi connectivity index (χ1) is 20.0. The van der Waals surface area contributed by atoms with Crippen LogP contribution in [0.3, 0.4) is 0 Å². The van der Waals surface area contributed by atoms with Crippen molar-refractivity contribution in [3.63, 3.8) is 0 Å². The third kappa shape index (κ3) is 7.78. The second kappa shape index (κ2) is 14.3. The highest BCUT2D eigenvalue weighted by atomic mass is 32.2. The van der Waals surface area contributed by atoms with Gasteiger partial charge in [-0.15, -0.1) is 11.8 Å². The number of carbonyl (C=O) groups is 1. The van der Waals surface area contributed by atoms with Gasteiger partial charge in [0.1, 0.15) is 17.6 Å². The molecule has 1 N–H and O–H groups in total. The third-order valence-corrected chi connectivity index (χ3v) is 7.60. The van der Waals surface area contributed by atoms with Gasteiger partial charge in [0.15, 0.2) is 23.8 Å². The van der Waals surface area contributed by atoms with Crippen LogP contribution in [0.1, 0.15) is 69.3 Å². The van der Waals surface area contributed by atoms with E-state index in [1.54, 1.807) is 25.1 Å². The van der Waals surface area contributed by atoms with Gasteiger partial charge in [0.2, 0.25) is 5.88 Å². The Kier molecular flexibility index (Phi) is 10.6. The molecular weight excluding hydrogens is 536 g/mol. The molecular formula is C30H40N8O2S. The maximum Gasteiger partial charge on any atom is 0.227 e. The van der Waals surface area contributed by atoms with E-state index < -0.39 is 0 Å². The van der Waals surface area contributed by atoms with Crippen molar-refractivity contribution in [3.05, 3.63) is 41.6 Å². The molecule has 2 aliphatic rings. The van der Waals surface area contributed by atoms with Crippen LogP contribution in [-0.4, -0.2) is 63.5 Å². The molecule has 3 heterocycles. The molecule has 2 saturated carbocycles. The topological polar surface area (TPSA) is 118 Å². The number of amidine groups is 1. The predicted octanol–water partition coefficient (Wildman–Crippen LogP) is 5.72. The number of hydrogen-bond acceptors (Lipinski definition) is 10. The summed E-state index contributed by atoms with van der Waals surface area (Å²) in [5.41, 5.74) is 3.94. The normalized spacial score (nSPS) is 14.6. The molecule has 0 aliphatic heterocycles. The fourth-order valence-corrected chi connectivity index (χ4v) is 5.02. The predicted molar refractivity (Wildman–Crippen MR) is 165 cm³/mol. The van der Waals surface area contributed by atoms with Gasteiger partial charge in [0.05, 0.1) is 30.1 Å². The number of nitrogens with zero attached hydrogens (tertiary/aromatic N) is 7. The van der Waals surface area contributed by atoms with E-state index in [1.165, 1.54) is 19.2 Å². The Morgan fingerprint density at radius 2 is 1.95 bits per heavy atom. The summed E-state index contributed by atoms with van der Waals surface area (Å²) in [6.07, 6.45) is 8.64. The van der Waals surface area contributed by atoms with Crippen molar-refractivity contribution in [2.75, 3.05) is 36.7 Å². The fourth-order valence-electron chi connectivity index (χ4n) is 4.43. The van der Waals surface area contributed by atoms with Gasteiger partial charge < -0.3 is 15.0 Å². The average molecular weight is 577 g/mol. The summed E-state index contributed by atoms with van der Waals surface area (Å²) >= 11 is 1.69. The van der Waals surface area contributed by atoms with Crippen LogP contribution in [-0.2, 0) is 11.3 Å². The number of pyridine rings is 1. The van der Waals surface area contributed by atoms with E-state index in [9.17, 15) is 4.79 Å². The van der Waals surface area contributed by atoms with Crippen molar-refractivity contribution in [1.29, 1.82) is 0 Å². The maximum absolute atomic E-state index is 12.0. The number of carbonyl (C=O) groups excluding carboxylic acids is 1. The van der Waals surface area contributed by atoms with Gasteiger partial charge in [-0.25, -0.2) is 24.9 Å². The Morgan fingerprint density at radius 3 is 2.56 bits per heavy atom. The zero-order valence-corrected chi connectivity index (χ0v) is 25.7. The van der Waals surface area contributed by atoms with E-state index >= 15 is 0 Å². The van der Waals surface area contributed by atoms with Gasteiger partial charge in [-0.05, 0) is 55.9 Å². The quantitative estimate of drug-likeness (QED) is 0.124. The van der Waals surface area contributed by atoms with E-state index in [4.69, 9.17) is 14.7 Å². The number of anilines is 2. The van der Waals surface area contributed by atoms with Crippen LogP contribution in [0.25, 0.3) is 11.4 Å². The van der Waals surface area contributed by atoms with Crippen LogP contribution in [0, 0.1) is 12.8 Å². The Morgan fingerprint density at radius 1 is 1.17 bits per heavy atom. The molecule has 0 saturated heterocycles. The number of nitrogens with one attached hydrogen (secondary N) is 1. The Hall–Kier alpha value is -3.60. The van der Waals surface area contributed by atoms with Crippen LogP contribution in [0.15, 0.2) is 34.7 Å². The van der Waals surface area contributed by atoms with Crippen LogP contribution in [0.5, 0.6) is 5.88 Å². The highest BCUT2D eigenvalue weighted by Crippen LogP contribution is 2.45. The lowest BCUT2D eigenvalue weighted by atomic mass is 10.1. The van der Waals surface area contributed by atoms with Crippen LogP contribution in [0.2, 0.25) is 0 Å². The van der Waals surface area contributed by atoms with E-state index in [0.717, 1.165) is 53.3 Å². The summed E-state index contributed by atoms with van der Waals surface area (Å²) in [6, 6.07) is 3.97. The number of aryl methyl sites for hydroxylation is 1. The Balaban J connectivity index is 0.00000189. The lowest BCUT2D eigenvalue weighted by molar-refractivity contribution is -0.102. The molecule has 2 aliphatic carbocycles. The van der Waals surface area contributed by atoms with E-state index in [-0.39, 0.29) is 5.84 Å². The number of rotatable bonds is 12. The first-order valence-electron chi connectivity index (χ1n) is 14.3. The Labute approximate surface area is 246 Å². The van der Waals surface area contributed by atoms with E-state index in [2.05, 4.69) is 37.1 Å². The molecule has 0 atom stereocenters. The summed E-state index contributed by atoms with van der Waals surface area (Å²) in [6.45, 7) is 9.20. The number of methoxy groups -OCH3 is 1. The molecule has 5 rings (SSSR count). The molecule has 0 unspecified atom stereocenters. The molecule has 3 aromatic rings. The first kappa shape index (κ1) is 30.4. The second-order valence-corrected chi connectivity index (χ2v) is 11.2. The molecule has 3 aromatic heterocycles.